The number of rotatable bonds is 3. The van der Waals surface area contributed by atoms with Crippen molar-refractivity contribution in [2.24, 2.45) is 0 Å². The maximum absolute atomic E-state index is 12.6. The topological polar surface area (TPSA) is 90.3 Å². The third kappa shape index (κ3) is 3.15. The lowest BCUT2D eigenvalue weighted by Gasteiger charge is -2.11. The molecule has 1 aliphatic heterocycles. The first-order valence-corrected chi connectivity index (χ1v) is 7.98. The molecule has 0 unspecified atom stereocenters. The maximum atomic E-state index is 12.6. The molecule has 0 atom stereocenters. The Kier molecular flexibility index (Phi) is 4.59. The summed E-state index contributed by atoms with van der Waals surface area (Å²) in [6.07, 6.45) is 3.84. The first-order chi connectivity index (χ1) is 11.6. The Bertz CT molecular complexity index is 857. The minimum Gasteiger partial charge on any atom is -0.468 e. The average molecular weight is 329 g/mol. The van der Waals surface area contributed by atoms with Gasteiger partial charge in [0.1, 0.15) is 12.4 Å². The highest BCUT2D eigenvalue weighted by molar-refractivity contribution is 5.98. The molecule has 126 valence electrons. The van der Waals surface area contributed by atoms with Gasteiger partial charge in [0, 0.05) is 18.5 Å². The molecule has 0 bridgehead atoms. The molecule has 2 heterocycles. The van der Waals surface area contributed by atoms with Crippen LogP contribution in [0.3, 0.4) is 0 Å². The van der Waals surface area contributed by atoms with E-state index in [4.69, 9.17) is 0 Å². The lowest BCUT2D eigenvalue weighted by Crippen LogP contribution is -2.30. The van der Waals surface area contributed by atoms with Crippen LogP contribution in [0.1, 0.15) is 35.4 Å². The summed E-state index contributed by atoms with van der Waals surface area (Å²) in [4.78, 5) is 40.4. The number of benzene rings is 1. The van der Waals surface area contributed by atoms with Crippen molar-refractivity contribution >= 4 is 22.8 Å². The predicted octanol–water partition coefficient (Wildman–Crippen LogP) is 1.03. The van der Waals surface area contributed by atoms with E-state index in [1.807, 2.05) is 0 Å². The van der Waals surface area contributed by atoms with Gasteiger partial charge in [0.25, 0.3) is 11.5 Å². The van der Waals surface area contributed by atoms with Crippen molar-refractivity contribution in [1.29, 1.82) is 0 Å². The highest BCUT2D eigenvalue weighted by Crippen LogP contribution is 2.16. The zero-order chi connectivity index (χ0) is 17.1. The number of methoxy groups -OCH3 is 1. The molecule has 1 aliphatic rings. The molecule has 0 radical (unpaired) electrons. The van der Waals surface area contributed by atoms with E-state index in [0.29, 0.717) is 23.0 Å². The SMILES string of the molecule is COC(=O)CNC(=O)c1ccc2c(=O)n3c(nc2c1)CCCCC3. The first kappa shape index (κ1) is 16.2. The maximum Gasteiger partial charge on any atom is 0.325 e. The third-order valence-electron chi connectivity index (χ3n) is 4.20. The van der Waals surface area contributed by atoms with Crippen molar-refractivity contribution < 1.29 is 14.3 Å². The molecule has 3 rings (SSSR count). The Morgan fingerprint density at radius 1 is 1.29 bits per heavy atom. The van der Waals surface area contributed by atoms with E-state index in [9.17, 15) is 14.4 Å². The van der Waals surface area contributed by atoms with Gasteiger partial charge in [0.2, 0.25) is 0 Å². The first-order valence-electron chi connectivity index (χ1n) is 7.98. The number of fused-ring (bicyclic) bond motifs is 2. The second kappa shape index (κ2) is 6.82. The quantitative estimate of drug-likeness (QED) is 0.849. The van der Waals surface area contributed by atoms with Crippen LogP contribution in [0.2, 0.25) is 0 Å². The lowest BCUT2D eigenvalue weighted by atomic mass is 10.1. The number of carbonyl (C=O) groups is 2. The van der Waals surface area contributed by atoms with Crippen molar-refractivity contribution in [2.45, 2.75) is 32.2 Å². The summed E-state index contributed by atoms with van der Waals surface area (Å²) in [6, 6.07) is 4.78. The molecule has 0 spiro atoms. The molecule has 24 heavy (non-hydrogen) atoms. The van der Waals surface area contributed by atoms with Gasteiger partial charge in [0.15, 0.2) is 0 Å². The largest absolute Gasteiger partial charge is 0.468 e. The lowest BCUT2D eigenvalue weighted by molar-refractivity contribution is -0.139. The van der Waals surface area contributed by atoms with Crippen molar-refractivity contribution in [3.8, 4) is 0 Å². The molecule has 0 fully saturated rings. The van der Waals surface area contributed by atoms with Crippen LogP contribution in [0.25, 0.3) is 10.9 Å². The smallest absolute Gasteiger partial charge is 0.325 e. The van der Waals surface area contributed by atoms with Crippen molar-refractivity contribution in [3.63, 3.8) is 0 Å². The van der Waals surface area contributed by atoms with Crippen LogP contribution < -0.4 is 10.9 Å². The summed E-state index contributed by atoms with van der Waals surface area (Å²) in [7, 11) is 1.26. The van der Waals surface area contributed by atoms with Crippen molar-refractivity contribution in [1.82, 2.24) is 14.9 Å². The summed E-state index contributed by atoms with van der Waals surface area (Å²) < 4.78 is 6.23. The molecule has 0 saturated carbocycles. The Morgan fingerprint density at radius 2 is 2.12 bits per heavy atom. The van der Waals surface area contributed by atoms with Crippen LogP contribution in [0.4, 0.5) is 0 Å². The highest BCUT2D eigenvalue weighted by Gasteiger charge is 2.15. The van der Waals surface area contributed by atoms with Crippen LogP contribution in [0, 0.1) is 0 Å². The number of nitrogens with one attached hydrogen (secondary N) is 1. The van der Waals surface area contributed by atoms with Gasteiger partial charge in [-0.15, -0.1) is 0 Å². The zero-order valence-corrected chi connectivity index (χ0v) is 13.5. The molecule has 1 amide bonds. The number of esters is 1. The van der Waals surface area contributed by atoms with E-state index in [2.05, 4.69) is 15.0 Å². The fourth-order valence-electron chi connectivity index (χ4n) is 2.89. The molecule has 7 nitrogen and oxygen atoms in total. The Hall–Kier alpha value is -2.70. The molecule has 1 N–H and O–H groups in total. The molecule has 1 aromatic carbocycles. The average Bonchev–Trinajstić information content (AvgIpc) is 2.84. The van der Waals surface area contributed by atoms with Gasteiger partial charge in [-0.25, -0.2) is 4.98 Å². The second-order valence-electron chi connectivity index (χ2n) is 5.79. The molecule has 7 heteroatoms. The van der Waals surface area contributed by atoms with Gasteiger partial charge in [-0.3, -0.25) is 19.0 Å². The number of carbonyl (C=O) groups excluding carboxylic acids is 2. The monoisotopic (exact) mass is 329 g/mol. The number of hydrogen-bond acceptors (Lipinski definition) is 5. The molecular formula is C17H19N3O4. The van der Waals surface area contributed by atoms with E-state index >= 15 is 0 Å². The summed E-state index contributed by atoms with van der Waals surface area (Å²) in [6.45, 7) is 0.492. The molecular weight excluding hydrogens is 310 g/mol. The van der Waals surface area contributed by atoms with Gasteiger partial charge in [-0.2, -0.15) is 0 Å². The minimum absolute atomic E-state index is 0.0570. The van der Waals surface area contributed by atoms with Crippen LogP contribution in [-0.2, 0) is 22.5 Å². The molecule has 0 aliphatic carbocycles. The van der Waals surface area contributed by atoms with Crippen LogP contribution >= 0.6 is 0 Å². The molecule has 2 aromatic rings. The van der Waals surface area contributed by atoms with Crippen LogP contribution in [0.5, 0.6) is 0 Å². The van der Waals surface area contributed by atoms with Gasteiger partial charge < -0.3 is 10.1 Å². The normalized spacial score (nSPS) is 13.9. The van der Waals surface area contributed by atoms with Crippen LogP contribution in [0.15, 0.2) is 23.0 Å². The third-order valence-corrected chi connectivity index (χ3v) is 4.20. The fourth-order valence-corrected chi connectivity index (χ4v) is 2.89. The number of amides is 1. The minimum atomic E-state index is -0.522. The molecule has 0 saturated heterocycles. The van der Waals surface area contributed by atoms with Crippen molar-refractivity contribution in [2.75, 3.05) is 13.7 Å². The Morgan fingerprint density at radius 3 is 2.92 bits per heavy atom. The van der Waals surface area contributed by atoms with Crippen LogP contribution in [-0.4, -0.2) is 35.1 Å². The van der Waals surface area contributed by atoms with E-state index in [-0.39, 0.29) is 12.1 Å². The number of hydrogen-bond donors (Lipinski definition) is 1. The van der Waals surface area contributed by atoms with Gasteiger partial charge in [-0.05, 0) is 31.0 Å². The number of ether oxygens (including phenoxy) is 1. The number of aromatic nitrogens is 2. The predicted molar refractivity (Wildman–Crippen MR) is 87.9 cm³/mol. The summed E-state index contributed by atoms with van der Waals surface area (Å²) in [5.41, 5.74) is 0.814. The summed E-state index contributed by atoms with van der Waals surface area (Å²) in [5, 5.41) is 2.98. The number of aryl methyl sites for hydroxylation is 1. The standard InChI is InChI=1S/C17H19N3O4/c1-24-15(21)10-18-16(22)11-6-7-12-13(9-11)19-14-5-3-2-4-8-20(14)17(12)23/h6-7,9H,2-5,8,10H2,1H3,(H,18,22). The Balaban J connectivity index is 1.95. The van der Waals surface area contributed by atoms with Gasteiger partial charge >= 0.3 is 5.97 Å². The summed E-state index contributed by atoms with van der Waals surface area (Å²) in [5.74, 6) is -0.151. The summed E-state index contributed by atoms with van der Waals surface area (Å²) >= 11 is 0. The van der Waals surface area contributed by atoms with Gasteiger partial charge in [-0.1, -0.05) is 6.42 Å². The highest BCUT2D eigenvalue weighted by atomic mass is 16.5. The van der Waals surface area contributed by atoms with E-state index < -0.39 is 11.9 Å². The van der Waals surface area contributed by atoms with Gasteiger partial charge in [0.05, 0.1) is 18.0 Å². The fraction of sp³-hybridized carbons (Fsp3) is 0.412. The second-order valence-corrected chi connectivity index (χ2v) is 5.79. The Labute approximate surface area is 138 Å². The zero-order valence-electron chi connectivity index (χ0n) is 13.5. The van der Waals surface area contributed by atoms with E-state index in [1.54, 1.807) is 22.8 Å². The number of nitrogens with zero attached hydrogens (tertiary/aromatic N) is 2. The van der Waals surface area contributed by atoms with E-state index in [0.717, 1.165) is 31.5 Å². The van der Waals surface area contributed by atoms with Crippen molar-refractivity contribution in [3.05, 3.63) is 39.9 Å². The van der Waals surface area contributed by atoms with E-state index in [1.165, 1.54) is 7.11 Å². The molecule has 1 aromatic heterocycles.